The summed E-state index contributed by atoms with van der Waals surface area (Å²) in [5.74, 6) is -2.27. The molecule has 126 valence electrons. The van der Waals surface area contributed by atoms with E-state index >= 15 is 0 Å². The summed E-state index contributed by atoms with van der Waals surface area (Å²) in [6.45, 7) is 14.9. The topological polar surface area (TPSA) is 69.7 Å². The number of ketones is 1. The van der Waals surface area contributed by atoms with Crippen molar-refractivity contribution in [2.75, 3.05) is 0 Å². The van der Waals surface area contributed by atoms with Crippen LogP contribution >= 0.6 is 0 Å². The molecule has 0 spiro atoms. The first-order valence-electron chi connectivity index (χ1n) is 7.88. The number of fused-ring (bicyclic) bond motifs is 3. The molecule has 0 radical (unpaired) electrons. The van der Waals surface area contributed by atoms with Crippen LogP contribution < -0.4 is 0 Å². The predicted octanol–water partition coefficient (Wildman–Crippen LogP) is 2.29. The summed E-state index contributed by atoms with van der Waals surface area (Å²) in [6.07, 6.45) is 0.674. The zero-order valence-electron chi connectivity index (χ0n) is 13.8. The van der Waals surface area contributed by atoms with E-state index in [4.69, 9.17) is 9.47 Å². The van der Waals surface area contributed by atoms with Gasteiger partial charge >= 0.3 is 11.9 Å². The van der Waals surface area contributed by atoms with Crippen molar-refractivity contribution < 1.29 is 23.9 Å². The number of esters is 2. The molecule has 0 bridgehead atoms. The fourth-order valence-corrected chi connectivity index (χ4v) is 3.96. The van der Waals surface area contributed by atoms with Crippen molar-refractivity contribution in [2.24, 2.45) is 17.8 Å². The monoisotopic (exact) mass is 328 g/mol. The molecule has 0 aromatic carbocycles. The number of allylic oxidation sites excluding steroid dienone is 1. The molecule has 5 atom stereocenters. The third-order valence-corrected chi connectivity index (χ3v) is 5.09. The molecule has 5 nitrogen and oxygen atoms in total. The Morgan fingerprint density at radius 1 is 1.29 bits per heavy atom. The highest BCUT2D eigenvalue weighted by Gasteiger charge is 2.56. The van der Waals surface area contributed by atoms with Crippen LogP contribution in [0.3, 0.4) is 0 Å². The lowest BCUT2D eigenvalue weighted by Gasteiger charge is -2.28. The molecule has 3 rings (SSSR count). The van der Waals surface area contributed by atoms with Crippen molar-refractivity contribution >= 4 is 17.7 Å². The van der Waals surface area contributed by atoms with Crippen LogP contribution in [0.5, 0.6) is 0 Å². The van der Waals surface area contributed by atoms with Crippen LogP contribution in [0.2, 0.25) is 0 Å². The lowest BCUT2D eigenvalue weighted by atomic mass is 9.80. The molecule has 2 aliphatic carbocycles. The van der Waals surface area contributed by atoms with Gasteiger partial charge in [-0.15, -0.1) is 0 Å². The number of hydrogen-bond donors (Lipinski definition) is 0. The highest BCUT2D eigenvalue weighted by Crippen LogP contribution is 2.49. The SMILES string of the molecule is C=C(C)C(=O)OC1CC(=C)C2C(=O)C=C(C)C2C2OC(=O)C(=C)C12. The van der Waals surface area contributed by atoms with Gasteiger partial charge < -0.3 is 9.47 Å². The van der Waals surface area contributed by atoms with Gasteiger partial charge in [0.25, 0.3) is 0 Å². The lowest BCUT2D eigenvalue weighted by molar-refractivity contribution is -0.148. The Labute approximate surface area is 140 Å². The molecule has 0 N–H and O–H groups in total. The van der Waals surface area contributed by atoms with Crippen molar-refractivity contribution in [3.8, 4) is 0 Å². The van der Waals surface area contributed by atoms with Gasteiger partial charge in [-0.1, -0.05) is 30.9 Å². The molecular formula is C19H20O5. The molecular weight excluding hydrogens is 308 g/mol. The van der Waals surface area contributed by atoms with Gasteiger partial charge in [-0.05, 0) is 19.9 Å². The highest BCUT2D eigenvalue weighted by molar-refractivity contribution is 5.98. The number of carbonyl (C=O) groups is 3. The summed E-state index contributed by atoms with van der Waals surface area (Å²) >= 11 is 0. The van der Waals surface area contributed by atoms with E-state index < -0.39 is 36.0 Å². The number of hydrogen-bond acceptors (Lipinski definition) is 5. The molecule has 5 heteroatoms. The zero-order chi connectivity index (χ0) is 17.8. The lowest BCUT2D eigenvalue weighted by Crippen LogP contribution is -2.36. The van der Waals surface area contributed by atoms with Crippen molar-refractivity contribution in [1.29, 1.82) is 0 Å². The molecule has 0 aromatic rings. The average Bonchev–Trinajstić information content (AvgIpc) is 2.89. The minimum Gasteiger partial charge on any atom is -0.458 e. The molecule has 1 heterocycles. The maximum atomic E-state index is 12.3. The summed E-state index contributed by atoms with van der Waals surface area (Å²) in [5, 5.41) is 0. The van der Waals surface area contributed by atoms with Gasteiger partial charge in [0.2, 0.25) is 0 Å². The van der Waals surface area contributed by atoms with Gasteiger partial charge in [-0.25, -0.2) is 9.59 Å². The standard InChI is InChI=1S/C19H20O5/c1-8(2)18(21)23-13-7-10(4)14-12(20)6-9(3)15(14)17-16(13)11(5)19(22)24-17/h6,13-17H,1,4-5,7H2,2-3H3. The summed E-state index contributed by atoms with van der Waals surface area (Å²) in [7, 11) is 0. The average molecular weight is 328 g/mol. The van der Waals surface area contributed by atoms with Crippen LogP contribution in [0.25, 0.3) is 0 Å². The molecule has 0 amide bonds. The van der Waals surface area contributed by atoms with Crippen LogP contribution in [0.4, 0.5) is 0 Å². The van der Waals surface area contributed by atoms with Crippen LogP contribution in [-0.4, -0.2) is 29.9 Å². The van der Waals surface area contributed by atoms with Crippen molar-refractivity contribution in [3.05, 3.63) is 48.1 Å². The van der Waals surface area contributed by atoms with Crippen LogP contribution in [0, 0.1) is 17.8 Å². The number of rotatable bonds is 2. The van der Waals surface area contributed by atoms with Gasteiger partial charge in [-0.3, -0.25) is 4.79 Å². The fraction of sp³-hybridized carbons (Fsp3) is 0.421. The maximum absolute atomic E-state index is 12.3. The van der Waals surface area contributed by atoms with Crippen LogP contribution in [-0.2, 0) is 23.9 Å². The van der Waals surface area contributed by atoms with E-state index in [1.54, 1.807) is 13.0 Å². The van der Waals surface area contributed by atoms with Gasteiger partial charge in [0, 0.05) is 23.5 Å². The Bertz CT molecular complexity index is 726. The van der Waals surface area contributed by atoms with E-state index in [-0.39, 0.29) is 22.8 Å². The Kier molecular flexibility index (Phi) is 3.82. The van der Waals surface area contributed by atoms with E-state index in [1.165, 1.54) is 0 Å². The van der Waals surface area contributed by atoms with E-state index in [9.17, 15) is 14.4 Å². The van der Waals surface area contributed by atoms with Crippen molar-refractivity contribution in [3.63, 3.8) is 0 Å². The second-order valence-corrected chi connectivity index (χ2v) is 6.80. The van der Waals surface area contributed by atoms with Gasteiger partial charge in [0.15, 0.2) is 5.78 Å². The Hall–Kier alpha value is -2.43. The second-order valence-electron chi connectivity index (χ2n) is 6.80. The highest BCUT2D eigenvalue weighted by atomic mass is 16.6. The molecule has 3 aliphatic rings. The summed E-state index contributed by atoms with van der Waals surface area (Å²) in [5.41, 5.74) is 2.09. The molecule has 5 unspecified atom stereocenters. The third kappa shape index (κ3) is 2.35. The molecule has 2 fully saturated rings. The first-order valence-corrected chi connectivity index (χ1v) is 7.88. The Morgan fingerprint density at radius 3 is 2.58 bits per heavy atom. The number of ether oxygens (including phenoxy) is 2. The quantitative estimate of drug-likeness (QED) is 0.442. The zero-order valence-corrected chi connectivity index (χ0v) is 13.8. The first-order chi connectivity index (χ1) is 11.2. The van der Waals surface area contributed by atoms with E-state index in [0.29, 0.717) is 12.0 Å². The minimum absolute atomic E-state index is 0.0401. The third-order valence-electron chi connectivity index (χ3n) is 5.09. The van der Waals surface area contributed by atoms with Gasteiger partial charge in [0.1, 0.15) is 12.2 Å². The first kappa shape index (κ1) is 16.4. The summed E-state index contributed by atoms with van der Waals surface area (Å²) in [6, 6.07) is 0. The Morgan fingerprint density at radius 2 is 1.96 bits per heavy atom. The van der Waals surface area contributed by atoms with E-state index in [0.717, 1.165) is 5.57 Å². The van der Waals surface area contributed by atoms with Crippen LogP contribution in [0.15, 0.2) is 48.1 Å². The van der Waals surface area contributed by atoms with Gasteiger partial charge in [-0.2, -0.15) is 0 Å². The normalized spacial score (nSPS) is 34.9. The predicted molar refractivity (Wildman–Crippen MR) is 86.7 cm³/mol. The van der Waals surface area contributed by atoms with Crippen molar-refractivity contribution in [2.45, 2.75) is 32.5 Å². The minimum atomic E-state index is -0.642. The van der Waals surface area contributed by atoms with Gasteiger partial charge in [0.05, 0.1) is 11.8 Å². The van der Waals surface area contributed by atoms with Crippen molar-refractivity contribution in [1.82, 2.24) is 0 Å². The fourth-order valence-electron chi connectivity index (χ4n) is 3.96. The van der Waals surface area contributed by atoms with Crippen LogP contribution in [0.1, 0.15) is 20.3 Å². The summed E-state index contributed by atoms with van der Waals surface area (Å²) < 4.78 is 11.1. The van der Waals surface area contributed by atoms with E-state index in [2.05, 4.69) is 19.7 Å². The molecule has 1 saturated heterocycles. The molecule has 1 aliphatic heterocycles. The molecule has 1 saturated carbocycles. The summed E-state index contributed by atoms with van der Waals surface area (Å²) in [4.78, 5) is 36.4. The smallest absolute Gasteiger partial charge is 0.334 e. The molecule has 0 aromatic heterocycles. The maximum Gasteiger partial charge on any atom is 0.334 e. The second kappa shape index (κ2) is 5.58. The molecule has 24 heavy (non-hydrogen) atoms. The number of carbonyl (C=O) groups excluding carboxylic acids is 3. The largest absolute Gasteiger partial charge is 0.458 e. The Balaban J connectivity index is 2.03. The van der Waals surface area contributed by atoms with E-state index in [1.807, 2.05) is 6.92 Å².